The molecule has 0 saturated carbocycles. The maximum Gasteiger partial charge on any atom is 0.301 e. The highest BCUT2D eigenvalue weighted by Crippen LogP contribution is 2.44. The summed E-state index contributed by atoms with van der Waals surface area (Å²) in [5.41, 5.74) is 1.56. The van der Waals surface area contributed by atoms with Crippen LogP contribution in [0.25, 0.3) is 16.0 Å². The Labute approximate surface area is 207 Å². The zero-order valence-electron chi connectivity index (χ0n) is 18.0. The van der Waals surface area contributed by atoms with E-state index in [2.05, 4.69) is 9.97 Å². The van der Waals surface area contributed by atoms with Crippen LogP contribution in [0.3, 0.4) is 0 Å². The van der Waals surface area contributed by atoms with Gasteiger partial charge in [0.15, 0.2) is 5.13 Å². The van der Waals surface area contributed by atoms with Gasteiger partial charge in [-0.1, -0.05) is 29.0 Å². The lowest BCUT2D eigenvalue weighted by Gasteiger charge is -2.21. The molecule has 4 aromatic rings. The standard InChI is InChI=1S/C24H15ClN4O5S/c1-12-10-18-17(11-15(12)25)27-24(35-18)28-20(16-4-2-3-9-26-16)19(22(31)23(28)32)21(30)13-5-7-14(8-6-13)29(33)34/h2-11,20,30H,1H3/b21-19+. The third kappa shape index (κ3) is 3.82. The molecule has 1 N–H and O–H groups in total. The van der Waals surface area contributed by atoms with Crippen molar-refractivity contribution < 1.29 is 19.6 Å². The monoisotopic (exact) mass is 506 g/mol. The van der Waals surface area contributed by atoms with E-state index >= 15 is 0 Å². The van der Waals surface area contributed by atoms with Crippen LogP contribution >= 0.6 is 22.9 Å². The number of carbonyl (C=O) groups excluding carboxylic acids is 2. The number of anilines is 1. The molecule has 9 nitrogen and oxygen atoms in total. The number of fused-ring (bicyclic) bond motifs is 1. The summed E-state index contributed by atoms with van der Waals surface area (Å²) in [5.74, 6) is -2.24. The van der Waals surface area contributed by atoms with Gasteiger partial charge in [0.05, 0.1) is 26.4 Å². The van der Waals surface area contributed by atoms with Gasteiger partial charge in [0.2, 0.25) is 0 Å². The molecule has 1 atom stereocenters. The molecule has 5 rings (SSSR count). The molecule has 0 spiro atoms. The van der Waals surface area contributed by atoms with E-state index in [0.717, 1.165) is 10.3 Å². The van der Waals surface area contributed by atoms with Crippen LogP contribution in [-0.4, -0.2) is 31.7 Å². The lowest BCUT2D eigenvalue weighted by Crippen LogP contribution is -2.29. The third-order valence-electron chi connectivity index (χ3n) is 5.63. The van der Waals surface area contributed by atoms with Gasteiger partial charge in [-0.2, -0.15) is 0 Å². The Bertz CT molecular complexity index is 1510. The average Bonchev–Trinajstić information content (AvgIpc) is 3.37. The number of Topliss-reactive ketones (excluding diaryl/α,β-unsaturated/α-hetero) is 1. The zero-order chi connectivity index (χ0) is 24.9. The second kappa shape index (κ2) is 8.57. The number of carbonyl (C=O) groups is 2. The van der Waals surface area contributed by atoms with Gasteiger partial charge in [-0.15, -0.1) is 0 Å². The lowest BCUT2D eigenvalue weighted by atomic mass is 9.98. The first-order chi connectivity index (χ1) is 16.8. The number of aliphatic hydroxyl groups excluding tert-OH is 1. The molecule has 11 heteroatoms. The summed E-state index contributed by atoms with van der Waals surface area (Å²) in [7, 11) is 0. The van der Waals surface area contributed by atoms with Crippen molar-refractivity contribution in [1.29, 1.82) is 0 Å². The van der Waals surface area contributed by atoms with Crippen molar-refractivity contribution in [2.45, 2.75) is 13.0 Å². The van der Waals surface area contributed by atoms with Gasteiger partial charge in [-0.3, -0.25) is 29.6 Å². The fraction of sp³-hybridized carbons (Fsp3) is 0.0833. The lowest BCUT2D eigenvalue weighted by molar-refractivity contribution is -0.384. The van der Waals surface area contributed by atoms with Gasteiger partial charge < -0.3 is 5.11 Å². The quantitative estimate of drug-likeness (QED) is 0.133. The second-order valence-corrected chi connectivity index (χ2v) is 9.21. The van der Waals surface area contributed by atoms with Gasteiger partial charge >= 0.3 is 5.91 Å². The fourth-order valence-electron chi connectivity index (χ4n) is 3.88. The van der Waals surface area contributed by atoms with E-state index in [4.69, 9.17) is 11.6 Å². The summed E-state index contributed by atoms with van der Waals surface area (Å²) in [6.45, 7) is 1.85. The number of aromatic nitrogens is 2. The van der Waals surface area contributed by atoms with Gasteiger partial charge in [0.1, 0.15) is 11.8 Å². The second-order valence-electron chi connectivity index (χ2n) is 7.79. The van der Waals surface area contributed by atoms with Crippen molar-refractivity contribution >= 4 is 61.4 Å². The number of nitro benzene ring substituents is 1. The Morgan fingerprint density at radius 1 is 1.17 bits per heavy atom. The largest absolute Gasteiger partial charge is 0.507 e. The van der Waals surface area contributed by atoms with Crippen LogP contribution in [0.15, 0.2) is 66.4 Å². The van der Waals surface area contributed by atoms with Gasteiger partial charge in [-0.05, 0) is 48.9 Å². The summed E-state index contributed by atoms with van der Waals surface area (Å²) in [6, 6.07) is 12.6. The Hall–Kier alpha value is -4.15. The summed E-state index contributed by atoms with van der Waals surface area (Å²) in [5, 5.41) is 22.9. The maximum absolute atomic E-state index is 13.2. The third-order valence-corrected chi connectivity index (χ3v) is 7.05. The Kier molecular flexibility index (Phi) is 5.54. The topological polar surface area (TPSA) is 127 Å². The highest BCUT2D eigenvalue weighted by Gasteiger charge is 2.48. The van der Waals surface area contributed by atoms with Crippen molar-refractivity contribution in [1.82, 2.24) is 9.97 Å². The van der Waals surface area contributed by atoms with Crippen molar-refractivity contribution in [2.75, 3.05) is 4.90 Å². The van der Waals surface area contributed by atoms with E-state index in [1.165, 1.54) is 46.7 Å². The summed E-state index contributed by atoms with van der Waals surface area (Å²) in [4.78, 5) is 46.9. The number of thiazole rings is 1. The first kappa shape index (κ1) is 22.6. The minimum atomic E-state index is -1.05. The predicted octanol–water partition coefficient (Wildman–Crippen LogP) is 5.19. The van der Waals surface area contributed by atoms with Crippen LogP contribution in [0.4, 0.5) is 10.8 Å². The Morgan fingerprint density at radius 2 is 1.91 bits per heavy atom. The Morgan fingerprint density at radius 3 is 2.57 bits per heavy atom. The first-order valence-corrected chi connectivity index (χ1v) is 11.5. The molecule has 174 valence electrons. The minimum Gasteiger partial charge on any atom is -0.507 e. The molecule has 0 radical (unpaired) electrons. The van der Waals surface area contributed by atoms with Crippen molar-refractivity contribution in [3.63, 3.8) is 0 Å². The number of benzene rings is 2. The van der Waals surface area contributed by atoms with E-state index < -0.39 is 28.4 Å². The van der Waals surface area contributed by atoms with Gasteiger partial charge in [-0.25, -0.2) is 4.98 Å². The number of aliphatic hydroxyl groups is 1. The molecule has 2 aromatic heterocycles. The number of pyridine rings is 1. The molecule has 3 heterocycles. The predicted molar refractivity (Wildman–Crippen MR) is 131 cm³/mol. The number of amides is 1. The first-order valence-electron chi connectivity index (χ1n) is 10.3. The number of aryl methyl sites for hydroxylation is 1. The molecule has 1 unspecified atom stereocenters. The summed E-state index contributed by atoms with van der Waals surface area (Å²) in [6.07, 6.45) is 1.52. The van der Waals surface area contributed by atoms with E-state index in [1.54, 1.807) is 24.3 Å². The highest BCUT2D eigenvalue weighted by atomic mass is 35.5. The molecule has 1 aliphatic heterocycles. The highest BCUT2D eigenvalue weighted by molar-refractivity contribution is 7.22. The van der Waals surface area contributed by atoms with E-state index in [0.29, 0.717) is 16.2 Å². The van der Waals surface area contributed by atoms with Crippen LogP contribution in [0, 0.1) is 17.0 Å². The van der Waals surface area contributed by atoms with E-state index in [9.17, 15) is 24.8 Å². The molecular weight excluding hydrogens is 492 g/mol. The molecule has 1 aliphatic rings. The van der Waals surface area contributed by atoms with Crippen LogP contribution in [0.2, 0.25) is 5.02 Å². The maximum atomic E-state index is 13.2. The number of non-ortho nitro benzene ring substituents is 1. The van der Waals surface area contributed by atoms with Crippen molar-refractivity contribution in [3.8, 4) is 0 Å². The number of nitro groups is 1. The molecule has 35 heavy (non-hydrogen) atoms. The molecule has 1 saturated heterocycles. The number of hydrogen-bond acceptors (Lipinski definition) is 8. The smallest absolute Gasteiger partial charge is 0.301 e. The van der Waals surface area contributed by atoms with E-state index in [-0.39, 0.29) is 22.0 Å². The number of rotatable bonds is 4. The molecule has 0 bridgehead atoms. The normalized spacial score (nSPS) is 17.3. The van der Waals surface area contributed by atoms with Crippen LogP contribution in [0.1, 0.15) is 22.9 Å². The zero-order valence-corrected chi connectivity index (χ0v) is 19.6. The van der Waals surface area contributed by atoms with Crippen LogP contribution in [-0.2, 0) is 9.59 Å². The van der Waals surface area contributed by atoms with Crippen molar-refractivity contribution in [2.24, 2.45) is 0 Å². The number of halogens is 1. The minimum absolute atomic E-state index is 0.154. The fourth-order valence-corrected chi connectivity index (χ4v) is 5.11. The number of nitrogens with zero attached hydrogens (tertiary/aromatic N) is 4. The van der Waals surface area contributed by atoms with Crippen LogP contribution < -0.4 is 4.90 Å². The van der Waals surface area contributed by atoms with Gasteiger partial charge in [0.25, 0.3) is 11.5 Å². The summed E-state index contributed by atoms with van der Waals surface area (Å²) >= 11 is 7.45. The Balaban J connectivity index is 1.70. The molecule has 2 aromatic carbocycles. The average molecular weight is 507 g/mol. The summed E-state index contributed by atoms with van der Waals surface area (Å²) < 4.78 is 0.777. The molecule has 1 amide bonds. The SMILES string of the molecule is Cc1cc2sc(N3C(=O)C(=O)/C(=C(/O)c4ccc([N+](=O)[O-])cc4)C3c3ccccn3)nc2cc1Cl. The molecule has 0 aliphatic carbocycles. The number of ketones is 1. The number of hydrogen-bond donors (Lipinski definition) is 1. The van der Waals surface area contributed by atoms with Crippen molar-refractivity contribution in [3.05, 3.63) is 98.3 Å². The van der Waals surface area contributed by atoms with E-state index in [1.807, 2.05) is 13.0 Å². The molecule has 1 fully saturated rings. The molecular formula is C24H15ClN4O5S. The van der Waals surface area contributed by atoms with Gasteiger partial charge in [0, 0.05) is 28.9 Å². The van der Waals surface area contributed by atoms with Crippen LogP contribution in [0.5, 0.6) is 0 Å².